The Kier molecular flexibility index (Phi) is 3.50. The number of nitrogens with zero attached hydrogens (tertiary/aromatic N) is 2. The Morgan fingerprint density at radius 1 is 1.14 bits per heavy atom. The lowest BCUT2D eigenvalue weighted by molar-refractivity contribution is -0.141. The zero-order chi connectivity index (χ0) is 15.7. The molecule has 3 aromatic rings. The van der Waals surface area contributed by atoms with Crippen molar-refractivity contribution in [2.75, 3.05) is 0 Å². The predicted octanol–water partition coefficient (Wildman–Crippen LogP) is 3.64. The topological polar surface area (TPSA) is 51.2 Å². The van der Waals surface area contributed by atoms with E-state index in [4.69, 9.17) is 9.52 Å². The van der Waals surface area contributed by atoms with Crippen molar-refractivity contribution < 1.29 is 22.7 Å². The summed E-state index contributed by atoms with van der Waals surface area (Å²) in [6.45, 7) is -0.211. The summed E-state index contributed by atoms with van der Waals surface area (Å²) >= 11 is 0. The molecule has 0 aliphatic rings. The van der Waals surface area contributed by atoms with E-state index in [-0.39, 0.29) is 18.1 Å². The van der Waals surface area contributed by atoms with E-state index in [9.17, 15) is 13.2 Å². The minimum atomic E-state index is -4.55. The summed E-state index contributed by atoms with van der Waals surface area (Å²) in [5.74, 6) is 0.275. The van der Waals surface area contributed by atoms with Gasteiger partial charge < -0.3 is 9.52 Å². The van der Waals surface area contributed by atoms with Gasteiger partial charge >= 0.3 is 6.18 Å². The zero-order valence-corrected chi connectivity index (χ0v) is 11.2. The van der Waals surface area contributed by atoms with Crippen molar-refractivity contribution in [1.29, 1.82) is 0 Å². The van der Waals surface area contributed by atoms with Crippen LogP contribution in [0.3, 0.4) is 0 Å². The zero-order valence-electron chi connectivity index (χ0n) is 11.2. The van der Waals surface area contributed by atoms with E-state index >= 15 is 0 Å². The fraction of sp³-hybridized carbons (Fsp3) is 0.133. The van der Waals surface area contributed by atoms with Gasteiger partial charge in [0.1, 0.15) is 5.69 Å². The number of alkyl halides is 3. The van der Waals surface area contributed by atoms with Crippen LogP contribution in [0.4, 0.5) is 13.2 Å². The Balaban J connectivity index is 2.18. The molecule has 0 unspecified atom stereocenters. The Morgan fingerprint density at radius 3 is 2.59 bits per heavy atom. The maximum Gasteiger partial charge on any atom is 0.435 e. The van der Waals surface area contributed by atoms with Crippen LogP contribution < -0.4 is 0 Å². The second-order valence-electron chi connectivity index (χ2n) is 4.63. The van der Waals surface area contributed by atoms with E-state index < -0.39 is 11.9 Å². The minimum absolute atomic E-state index is 0.187. The van der Waals surface area contributed by atoms with Crippen molar-refractivity contribution in [2.45, 2.75) is 12.8 Å². The van der Waals surface area contributed by atoms with Gasteiger partial charge in [0.25, 0.3) is 0 Å². The molecule has 2 aromatic heterocycles. The predicted molar refractivity (Wildman–Crippen MR) is 72.2 cm³/mol. The van der Waals surface area contributed by atoms with Crippen molar-refractivity contribution >= 4 is 0 Å². The van der Waals surface area contributed by atoms with Gasteiger partial charge in [-0.25, -0.2) is 4.68 Å². The van der Waals surface area contributed by atoms with Crippen molar-refractivity contribution in [3.05, 3.63) is 60.0 Å². The molecule has 0 fully saturated rings. The fourth-order valence-corrected chi connectivity index (χ4v) is 2.10. The second kappa shape index (κ2) is 5.34. The maximum absolute atomic E-state index is 12.9. The highest BCUT2D eigenvalue weighted by Gasteiger charge is 2.35. The SMILES string of the molecule is OCc1cccc(-n2nc(C(F)(F)F)cc2-c2ccco2)c1. The van der Waals surface area contributed by atoms with Crippen LogP contribution >= 0.6 is 0 Å². The summed E-state index contributed by atoms with van der Waals surface area (Å²) in [6.07, 6.45) is -3.18. The molecule has 4 nitrogen and oxygen atoms in total. The monoisotopic (exact) mass is 308 g/mol. The molecule has 2 heterocycles. The van der Waals surface area contributed by atoms with Crippen LogP contribution in [0, 0.1) is 0 Å². The second-order valence-corrected chi connectivity index (χ2v) is 4.63. The number of furan rings is 1. The number of aliphatic hydroxyl groups is 1. The quantitative estimate of drug-likeness (QED) is 0.803. The van der Waals surface area contributed by atoms with Crippen LogP contribution in [-0.4, -0.2) is 14.9 Å². The minimum Gasteiger partial charge on any atom is -0.463 e. The molecule has 0 amide bonds. The molecule has 1 aromatic carbocycles. The molecule has 0 radical (unpaired) electrons. The van der Waals surface area contributed by atoms with Gasteiger partial charge in [-0.2, -0.15) is 18.3 Å². The molecule has 0 aliphatic carbocycles. The Bertz CT molecular complexity index is 776. The number of hydrogen-bond acceptors (Lipinski definition) is 3. The Morgan fingerprint density at radius 2 is 1.95 bits per heavy atom. The van der Waals surface area contributed by atoms with Gasteiger partial charge in [0.05, 0.1) is 18.6 Å². The number of rotatable bonds is 3. The molecule has 0 aliphatic heterocycles. The van der Waals surface area contributed by atoms with Gasteiger partial charge in [-0.15, -0.1) is 0 Å². The smallest absolute Gasteiger partial charge is 0.435 e. The lowest BCUT2D eigenvalue weighted by atomic mass is 10.2. The maximum atomic E-state index is 12.9. The molecule has 22 heavy (non-hydrogen) atoms. The van der Waals surface area contributed by atoms with Gasteiger partial charge in [0.2, 0.25) is 0 Å². The first-order valence-electron chi connectivity index (χ1n) is 6.40. The molecule has 0 atom stereocenters. The normalized spacial score (nSPS) is 11.8. The van der Waals surface area contributed by atoms with Crippen molar-refractivity contribution in [2.24, 2.45) is 0 Å². The molecule has 7 heteroatoms. The van der Waals surface area contributed by atoms with Crippen LogP contribution in [0.25, 0.3) is 17.1 Å². The van der Waals surface area contributed by atoms with E-state index in [0.717, 1.165) is 10.7 Å². The van der Waals surface area contributed by atoms with Crippen LogP contribution in [0.2, 0.25) is 0 Å². The molecule has 3 rings (SSSR count). The van der Waals surface area contributed by atoms with Gasteiger partial charge in [-0.3, -0.25) is 0 Å². The van der Waals surface area contributed by atoms with Gasteiger partial charge in [0, 0.05) is 6.07 Å². The standard InChI is InChI=1S/C15H11F3N2O2/c16-15(17,18)14-8-12(13-5-2-6-22-13)20(19-14)11-4-1-3-10(7-11)9-21/h1-8,21H,9H2. The van der Waals surface area contributed by atoms with Gasteiger partial charge in [0.15, 0.2) is 11.5 Å². The Labute approximate surface area is 123 Å². The van der Waals surface area contributed by atoms with Gasteiger partial charge in [-0.1, -0.05) is 12.1 Å². The summed E-state index contributed by atoms with van der Waals surface area (Å²) in [7, 11) is 0. The van der Waals surface area contributed by atoms with Crippen molar-refractivity contribution in [3.63, 3.8) is 0 Å². The molecule has 0 bridgehead atoms. The molecular weight excluding hydrogens is 297 g/mol. The third-order valence-electron chi connectivity index (χ3n) is 3.11. The van der Waals surface area contributed by atoms with Crippen molar-refractivity contribution in [3.8, 4) is 17.1 Å². The first-order chi connectivity index (χ1) is 10.5. The van der Waals surface area contributed by atoms with Crippen LogP contribution in [-0.2, 0) is 12.8 Å². The first kappa shape index (κ1) is 14.4. The van der Waals surface area contributed by atoms with Crippen LogP contribution in [0.1, 0.15) is 11.3 Å². The summed E-state index contributed by atoms with van der Waals surface area (Å²) < 4.78 is 45.2. The first-order valence-corrected chi connectivity index (χ1v) is 6.40. The summed E-state index contributed by atoms with van der Waals surface area (Å²) in [5.41, 5.74) is 0.168. The van der Waals surface area contributed by atoms with E-state index in [1.165, 1.54) is 6.26 Å². The largest absolute Gasteiger partial charge is 0.463 e. The molecule has 114 valence electrons. The lowest BCUT2D eigenvalue weighted by Gasteiger charge is -2.07. The number of hydrogen-bond donors (Lipinski definition) is 1. The number of aromatic nitrogens is 2. The highest BCUT2D eigenvalue weighted by molar-refractivity contribution is 5.57. The van der Waals surface area contributed by atoms with E-state index in [1.807, 2.05) is 0 Å². The highest BCUT2D eigenvalue weighted by Crippen LogP contribution is 2.33. The molecule has 0 spiro atoms. The Hall–Kier alpha value is -2.54. The van der Waals surface area contributed by atoms with Crippen LogP contribution in [0.5, 0.6) is 0 Å². The highest BCUT2D eigenvalue weighted by atomic mass is 19.4. The van der Waals surface area contributed by atoms with E-state index in [2.05, 4.69) is 5.10 Å². The average Bonchev–Trinajstić information content (AvgIpc) is 3.15. The van der Waals surface area contributed by atoms with Gasteiger partial charge in [-0.05, 0) is 29.8 Å². The van der Waals surface area contributed by atoms with E-state index in [0.29, 0.717) is 11.3 Å². The summed E-state index contributed by atoms with van der Waals surface area (Å²) in [4.78, 5) is 0. The molecule has 1 N–H and O–H groups in total. The summed E-state index contributed by atoms with van der Waals surface area (Å²) in [5, 5.41) is 12.8. The fourth-order valence-electron chi connectivity index (χ4n) is 2.10. The number of aliphatic hydroxyl groups excluding tert-OH is 1. The summed E-state index contributed by atoms with van der Waals surface area (Å²) in [6, 6.07) is 10.6. The third kappa shape index (κ3) is 2.62. The number of halogens is 3. The average molecular weight is 308 g/mol. The number of benzene rings is 1. The van der Waals surface area contributed by atoms with Crippen LogP contribution in [0.15, 0.2) is 53.1 Å². The van der Waals surface area contributed by atoms with Crippen molar-refractivity contribution in [1.82, 2.24) is 9.78 Å². The molecule has 0 saturated carbocycles. The molecular formula is C15H11F3N2O2. The van der Waals surface area contributed by atoms with E-state index in [1.54, 1.807) is 36.4 Å². The lowest BCUT2D eigenvalue weighted by Crippen LogP contribution is -2.07. The molecule has 0 saturated heterocycles. The third-order valence-corrected chi connectivity index (χ3v) is 3.11.